The first-order chi connectivity index (χ1) is 20.4. The van der Waals surface area contributed by atoms with Crippen LogP contribution in [0.5, 0.6) is 11.5 Å². The van der Waals surface area contributed by atoms with Crippen LogP contribution in [0.2, 0.25) is 0 Å². The maximum absolute atomic E-state index is 11.4. The Hall–Kier alpha value is -5.52. The van der Waals surface area contributed by atoms with Crippen LogP contribution in [0.3, 0.4) is 0 Å². The molecule has 0 saturated heterocycles. The lowest BCUT2D eigenvalue weighted by Gasteiger charge is -2.04. The number of hydrogen-bond donors (Lipinski definition) is 4. The van der Waals surface area contributed by atoms with Gasteiger partial charge in [-0.05, 0) is 55.5 Å². The molecule has 3 aromatic carbocycles. The highest BCUT2D eigenvalue weighted by molar-refractivity contribution is 6.05. The number of benzene rings is 3. The minimum absolute atomic E-state index is 0.0156. The molecular formula is C31H36N2O10. The van der Waals surface area contributed by atoms with Crippen LogP contribution < -0.4 is 20.1 Å². The van der Waals surface area contributed by atoms with Crippen molar-refractivity contribution in [2.45, 2.75) is 34.6 Å². The van der Waals surface area contributed by atoms with Gasteiger partial charge in [-0.15, -0.1) is 0 Å². The van der Waals surface area contributed by atoms with E-state index in [2.05, 4.69) is 10.6 Å². The number of rotatable bonds is 7. The van der Waals surface area contributed by atoms with Gasteiger partial charge in [-0.1, -0.05) is 38.1 Å². The molecule has 0 heterocycles. The molecule has 12 nitrogen and oxygen atoms in total. The van der Waals surface area contributed by atoms with Crippen molar-refractivity contribution in [3.8, 4) is 11.5 Å². The summed E-state index contributed by atoms with van der Waals surface area (Å²) in [6, 6.07) is 18.4. The van der Waals surface area contributed by atoms with Crippen molar-refractivity contribution in [2.24, 2.45) is 0 Å². The molecule has 0 atom stereocenters. The number of nitrogens with one attached hydrogen (secondary N) is 2. The van der Waals surface area contributed by atoms with Gasteiger partial charge in [0.25, 0.3) is 11.8 Å². The summed E-state index contributed by atoms with van der Waals surface area (Å²) in [6.07, 6.45) is 0. The predicted molar refractivity (Wildman–Crippen MR) is 159 cm³/mol. The molecule has 0 radical (unpaired) electrons. The summed E-state index contributed by atoms with van der Waals surface area (Å²) in [4.78, 5) is 65.1. The number of hydrogen-bond acceptors (Lipinski definition) is 8. The molecular weight excluding hydrogens is 560 g/mol. The van der Waals surface area contributed by atoms with E-state index < -0.39 is 17.8 Å². The number of carboxylic acid groups (broad SMARTS) is 2. The maximum atomic E-state index is 11.4. The third kappa shape index (κ3) is 14.1. The molecule has 3 rings (SSSR count). The molecule has 0 aliphatic heterocycles. The summed E-state index contributed by atoms with van der Waals surface area (Å²) < 4.78 is 9.59. The number of carboxylic acids is 2. The average Bonchev–Trinajstić information content (AvgIpc) is 2.99. The van der Waals surface area contributed by atoms with E-state index in [4.69, 9.17) is 19.7 Å². The molecule has 4 N–H and O–H groups in total. The van der Waals surface area contributed by atoms with Gasteiger partial charge in [0.05, 0.1) is 22.3 Å². The topological polar surface area (TPSA) is 185 Å². The van der Waals surface area contributed by atoms with Gasteiger partial charge in [-0.25, -0.2) is 9.59 Å². The van der Waals surface area contributed by atoms with E-state index in [1.54, 1.807) is 55.5 Å². The van der Waals surface area contributed by atoms with Crippen LogP contribution in [0.4, 0.5) is 0 Å². The van der Waals surface area contributed by atoms with Gasteiger partial charge in [0, 0.05) is 27.4 Å². The first kappa shape index (κ1) is 37.5. The van der Waals surface area contributed by atoms with Gasteiger partial charge in [-0.2, -0.15) is 0 Å². The average molecular weight is 597 g/mol. The zero-order valence-electron chi connectivity index (χ0n) is 24.8. The normalized spacial score (nSPS) is 9.07. The highest BCUT2D eigenvalue weighted by Gasteiger charge is 2.15. The smallest absolute Gasteiger partial charge is 0.336 e. The van der Waals surface area contributed by atoms with Gasteiger partial charge < -0.3 is 30.3 Å². The zero-order chi connectivity index (χ0) is 32.9. The quantitative estimate of drug-likeness (QED) is 0.224. The lowest BCUT2D eigenvalue weighted by molar-refractivity contribution is -0.133. The highest BCUT2D eigenvalue weighted by Crippen LogP contribution is 2.17. The number of aromatic carboxylic acids is 2. The summed E-state index contributed by atoms with van der Waals surface area (Å²) >= 11 is 0. The summed E-state index contributed by atoms with van der Waals surface area (Å²) in [5.74, 6) is -2.85. The Morgan fingerprint density at radius 3 is 1.21 bits per heavy atom. The molecule has 12 heteroatoms. The highest BCUT2D eigenvalue weighted by atomic mass is 16.5. The van der Waals surface area contributed by atoms with Crippen LogP contribution in [-0.4, -0.2) is 59.5 Å². The minimum Gasteiger partial charge on any atom is -0.478 e. The van der Waals surface area contributed by atoms with Gasteiger partial charge in [-0.3, -0.25) is 19.2 Å². The predicted octanol–water partition coefficient (Wildman–Crippen LogP) is 4.44. The molecule has 0 aromatic heterocycles. The monoisotopic (exact) mass is 596 g/mol. The molecule has 0 saturated carbocycles. The van der Waals surface area contributed by atoms with E-state index in [0.717, 1.165) is 0 Å². The van der Waals surface area contributed by atoms with Crippen LogP contribution >= 0.6 is 0 Å². The molecule has 43 heavy (non-hydrogen) atoms. The van der Waals surface area contributed by atoms with Crippen LogP contribution in [-0.2, 0) is 9.59 Å². The van der Waals surface area contributed by atoms with Crippen molar-refractivity contribution in [2.75, 3.05) is 13.6 Å². The second-order valence-corrected chi connectivity index (χ2v) is 7.80. The molecule has 0 aliphatic rings. The van der Waals surface area contributed by atoms with E-state index in [9.17, 15) is 28.8 Å². The molecule has 0 fully saturated rings. The van der Waals surface area contributed by atoms with E-state index in [1.807, 2.05) is 13.8 Å². The lowest BCUT2D eigenvalue weighted by Crippen LogP contribution is -2.24. The second-order valence-electron chi connectivity index (χ2n) is 7.80. The van der Waals surface area contributed by atoms with Crippen molar-refractivity contribution in [1.82, 2.24) is 10.6 Å². The fourth-order valence-corrected chi connectivity index (χ4v) is 3.03. The van der Waals surface area contributed by atoms with Crippen LogP contribution in [0.1, 0.15) is 76.1 Å². The Morgan fingerprint density at radius 2 is 0.930 bits per heavy atom. The van der Waals surface area contributed by atoms with Gasteiger partial charge >= 0.3 is 23.9 Å². The molecule has 230 valence electrons. The summed E-state index contributed by atoms with van der Waals surface area (Å²) in [5.41, 5.74) is 0.416. The molecule has 3 aromatic rings. The SMILES string of the molecule is CC.CC(=O)Oc1ccc(OC(C)=O)cc1.CCNC(=O)c1ccccc1C(=O)O.CNC(=O)c1ccccc1C(=O)O. The minimum atomic E-state index is -1.10. The largest absolute Gasteiger partial charge is 0.478 e. The fourth-order valence-electron chi connectivity index (χ4n) is 3.03. The van der Waals surface area contributed by atoms with Crippen molar-refractivity contribution in [3.05, 3.63) is 95.1 Å². The van der Waals surface area contributed by atoms with Crippen LogP contribution in [0.15, 0.2) is 72.8 Å². The Balaban J connectivity index is 0.000000598. The summed E-state index contributed by atoms with van der Waals surface area (Å²) in [7, 11) is 1.46. The van der Waals surface area contributed by atoms with E-state index in [0.29, 0.717) is 18.0 Å². The number of ether oxygens (including phenoxy) is 2. The first-order valence-electron chi connectivity index (χ1n) is 13.0. The third-order valence-electron chi connectivity index (χ3n) is 4.72. The summed E-state index contributed by atoms with van der Waals surface area (Å²) in [5, 5.41) is 22.5. The first-order valence-corrected chi connectivity index (χ1v) is 13.0. The fraction of sp³-hybridized carbons (Fsp3) is 0.226. The van der Waals surface area contributed by atoms with Gasteiger partial charge in [0.15, 0.2) is 0 Å². The number of carbonyl (C=O) groups is 6. The molecule has 0 aliphatic carbocycles. The standard InChI is InChI=1S/C10H11NO3.C10H10O4.C9H9NO3.C2H6/c1-2-11-9(12)7-5-3-4-6-8(7)10(13)14;1-7(11)13-9-3-5-10(6-4-9)14-8(2)12;1-10-8(11)6-4-2-3-5-7(6)9(12)13;1-2/h3-6H,2H2,1H3,(H,11,12)(H,13,14);3-6H,1-2H3;2-5H,1H3,(H,10,11)(H,12,13);1-2H3. The number of amides is 2. The van der Waals surface area contributed by atoms with Gasteiger partial charge in [0.2, 0.25) is 0 Å². The van der Waals surface area contributed by atoms with Gasteiger partial charge in [0.1, 0.15) is 11.5 Å². The Morgan fingerprint density at radius 1 is 0.605 bits per heavy atom. The number of carbonyl (C=O) groups excluding carboxylic acids is 4. The Kier molecular flexibility index (Phi) is 17.8. The zero-order valence-corrected chi connectivity index (χ0v) is 24.8. The maximum Gasteiger partial charge on any atom is 0.336 e. The third-order valence-corrected chi connectivity index (χ3v) is 4.72. The Bertz CT molecular complexity index is 1350. The summed E-state index contributed by atoms with van der Waals surface area (Å²) in [6.45, 7) is 8.90. The lowest BCUT2D eigenvalue weighted by atomic mass is 10.1. The molecule has 0 spiro atoms. The van der Waals surface area contributed by atoms with Crippen molar-refractivity contribution < 1.29 is 48.5 Å². The van der Waals surface area contributed by atoms with E-state index >= 15 is 0 Å². The van der Waals surface area contributed by atoms with E-state index in [-0.39, 0.29) is 40.1 Å². The van der Waals surface area contributed by atoms with Crippen molar-refractivity contribution in [1.29, 1.82) is 0 Å². The van der Waals surface area contributed by atoms with Crippen molar-refractivity contribution >= 4 is 35.7 Å². The Labute approximate surface area is 249 Å². The second kappa shape index (κ2) is 20.4. The van der Waals surface area contributed by atoms with E-state index in [1.165, 1.54) is 45.2 Å². The number of esters is 2. The van der Waals surface area contributed by atoms with Crippen LogP contribution in [0, 0.1) is 0 Å². The molecule has 0 bridgehead atoms. The molecule has 0 unspecified atom stereocenters. The van der Waals surface area contributed by atoms with Crippen LogP contribution in [0.25, 0.3) is 0 Å². The molecule has 2 amide bonds. The van der Waals surface area contributed by atoms with Crippen molar-refractivity contribution in [3.63, 3.8) is 0 Å².